The van der Waals surface area contributed by atoms with E-state index < -0.39 is 0 Å². The Labute approximate surface area is 96.9 Å². The predicted octanol–water partition coefficient (Wildman–Crippen LogP) is 3.16. The summed E-state index contributed by atoms with van der Waals surface area (Å²) in [6.07, 6.45) is 8.54. The van der Waals surface area contributed by atoms with Gasteiger partial charge in [0.1, 0.15) is 0 Å². The van der Waals surface area contributed by atoms with Crippen LogP contribution in [0, 0.1) is 0 Å². The van der Waals surface area contributed by atoms with Gasteiger partial charge in [-0.3, -0.25) is 0 Å². The summed E-state index contributed by atoms with van der Waals surface area (Å²) in [5.41, 5.74) is 6.75. The Bertz CT molecular complexity index is 258. The second-order valence-corrected chi connectivity index (χ2v) is 4.88. The molecule has 0 fully saturated rings. The van der Waals surface area contributed by atoms with Crippen molar-refractivity contribution >= 4 is 11.3 Å². The van der Waals surface area contributed by atoms with E-state index in [1.807, 2.05) is 0 Å². The van der Waals surface area contributed by atoms with Gasteiger partial charge in [0.05, 0.1) is 10.7 Å². The molecule has 1 rings (SSSR count). The number of aryl methyl sites for hydroxylation is 2. The van der Waals surface area contributed by atoms with E-state index in [1.165, 1.54) is 36.4 Å². The first kappa shape index (κ1) is 12.7. The van der Waals surface area contributed by atoms with E-state index in [4.69, 9.17) is 5.73 Å². The van der Waals surface area contributed by atoms with Crippen molar-refractivity contribution in [1.29, 1.82) is 0 Å². The van der Waals surface area contributed by atoms with Gasteiger partial charge >= 0.3 is 0 Å². The van der Waals surface area contributed by atoms with Gasteiger partial charge in [-0.1, -0.05) is 26.2 Å². The lowest BCUT2D eigenvalue weighted by Gasteiger charge is -1.96. The molecule has 0 aromatic carbocycles. The molecule has 2 nitrogen and oxygen atoms in total. The summed E-state index contributed by atoms with van der Waals surface area (Å²) in [6, 6.07) is 0. The standard InChI is InChI=1S/C12H22N2S/c1-2-3-4-5-7-11-10-15-12(14-11)8-6-9-13/h10H,2-9,13H2,1H3. The summed E-state index contributed by atoms with van der Waals surface area (Å²) in [4.78, 5) is 4.61. The molecule has 0 bridgehead atoms. The van der Waals surface area contributed by atoms with Crippen LogP contribution < -0.4 is 5.73 Å². The molecule has 0 atom stereocenters. The molecule has 0 aliphatic rings. The zero-order valence-electron chi connectivity index (χ0n) is 9.67. The molecule has 0 spiro atoms. The SMILES string of the molecule is CCCCCCc1csc(CCCN)n1. The first-order chi connectivity index (χ1) is 7.36. The molecule has 1 aromatic rings. The summed E-state index contributed by atoms with van der Waals surface area (Å²) in [5.74, 6) is 0. The van der Waals surface area contributed by atoms with Crippen molar-refractivity contribution in [3.05, 3.63) is 16.1 Å². The molecule has 0 saturated carbocycles. The summed E-state index contributed by atoms with van der Waals surface area (Å²) in [7, 11) is 0. The number of nitrogens with two attached hydrogens (primary N) is 1. The summed E-state index contributed by atoms with van der Waals surface area (Å²) < 4.78 is 0. The summed E-state index contributed by atoms with van der Waals surface area (Å²) >= 11 is 1.79. The number of unbranched alkanes of at least 4 members (excludes halogenated alkanes) is 3. The van der Waals surface area contributed by atoms with Crippen LogP contribution in [0.2, 0.25) is 0 Å². The lowest BCUT2D eigenvalue weighted by atomic mass is 10.1. The van der Waals surface area contributed by atoms with E-state index in [9.17, 15) is 0 Å². The predicted molar refractivity (Wildman–Crippen MR) is 67.3 cm³/mol. The highest BCUT2D eigenvalue weighted by molar-refractivity contribution is 7.09. The van der Waals surface area contributed by atoms with Crippen molar-refractivity contribution in [2.24, 2.45) is 5.73 Å². The van der Waals surface area contributed by atoms with Crippen LogP contribution in [0.3, 0.4) is 0 Å². The molecule has 1 aromatic heterocycles. The van der Waals surface area contributed by atoms with Gasteiger partial charge in [-0.25, -0.2) is 4.98 Å². The molecule has 0 unspecified atom stereocenters. The fourth-order valence-electron chi connectivity index (χ4n) is 1.56. The molecule has 0 amide bonds. The first-order valence-electron chi connectivity index (χ1n) is 6.00. The molecule has 3 heteroatoms. The number of nitrogens with zero attached hydrogens (tertiary/aromatic N) is 1. The molecule has 0 aliphatic carbocycles. The van der Waals surface area contributed by atoms with Crippen LogP contribution in [0.25, 0.3) is 0 Å². The number of rotatable bonds is 8. The van der Waals surface area contributed by atoms with Gasteiger partial charge in [0.2, 0.25) is 0 Å². The third kappa shape index (κ3) is 5.28. The second-order valence-electron chi connectivity index (χ2n) is 3.94. The highest BCUT2D eigenvalue weighted by atomic mass is 32.1. The van der Waals surface area contributed by atoms with Gasteiger partial charge in [0.15, 0.2) is 0 Å². The minimum absolute atomic E-state index is 0.769. The van der Waals surface area contributed by atoms with Crippen LogP contribution in [0.1, 0.15) is 49.7 Å². The average molecular weight is 226 g/mol. The van der Waals surface area contributed by atoms with Crippen LogP contribution >= 0.6 is 11.3 Å². The number of thiazole rings is 1. The van der Waals surface area contributed by atoms with Gasteiger partial charge in [0.25, 0.3) is 0 Å². The maximum absolute atomic E-state index is 5.47. The van der Waals surface area contributed by atoms with Crippen LogP contribution in [0.5, 0.6) is 0 Å². The Morgan fingerprint density at radius 3 is 2.80 bits per heavy atom. The van der Waals surface area contributed by atoms with E-state index in [-0.39, 0.29) is 0 Å². The molecule has 2 N–H and O–H groups in total. The largest absolute Gasteiger partial charge is 0.330 e. The van der Waals surface area contributed by atoms with Crippen molar-refractivity contribution in [3.63, 3.8) is 0 Å². The maximum Gasteiger partial charge on any atom is 0.0928 e. The van der Waals surface area contributed by atoms with E-state index in [2.05, 4.69) is 17.3 Å². The molecule has 15 heavy (non-hydrogen) atoms. The maximum atomic E-state index is 5.47. The zero-order chi connectivity index (χ0) is 10.9. The molecule has 1 heterocycles. The Kier molecular flexibility index (Phi) is 6.60. The first-order valence-corrected chi connectivity index (χ1v) is 6.88. The topological polar surface area (TPSA) is 38.9 Å². The third-order valence-electron chi connectivity index (χ3n) is 2.48. The second kappa shape index (κ2) is 7.83. The van der Waals surface area contributed by atoms with Crippen LogP contribution in [0.4, 0.5) is 0 Å². The highest BCUT2D eigenvalue weighted by Crippen LogP contribution is 2.14. The van der Waals surface area contributed by atoms with Crippen molar-refractivity contribution in [2.75, 3.05) is 6.54 Å². The van der Waals surface area contributed by atoms with Crippen molar-refractivity contribution < 1.29 is 0 Å². The van der Waals surface area contributed by atoms with Gasteiger partial charge in [-0.2, -0.15) is 0 Å². The minimum Gasteiger partial charge on any atom is -0.330 e. The van der Waals surface area contributed by atoms with Crippen molar-refractivity contribution in [1.82, 2.24) is 4.98 Å². The van der Waals surface area contributed by atoms with E-state index >= 15 is 0 Å². The van der Waals surface area contributed by atoms with Gasteiger partial charge in [-0.15, -0.1) is 11.3 Å². The summed E-state index contributed by atoms with van der Waals surface area (Å²) in [5, 5.41) is 3.46. The molecule has 0 saturated heterocycles. The van der Waals surface area contributed by atoms with Crippen LogP contribution in [-0.4, -0.2) is 11.5 Å². The zero-order valence-corrected chi connectivity index (χ0v) is 10.5. The van der Waals surface area contributed by atoms with E-state index in [1.54, 1.807) is 11.3 Å². The average Bonchev–Trinajstić information content (AvgIpc) is 2.69. The molecule has 0 aliphatic heterocycles. The number of hydrogen-bond acceptors (Lipinski definition) is 3. The van der Waals surface area contributed by atoms with Crippen molar-refractivity contribution in [3.8, 4) is 0 Å². The smallest absolute Gasteiger partial charge is 0.0928 e. The normalized spacial score (nSPS) is 10.8. The fourth-order valence-corrected chi connectivity index (χ4v) is 2.44. The Balaban J connectivity index is 2.20. The third-order valence-corrected chi connectivity index (χ3v) is 3.44. The summed E-state index contributed by atoms with van der Waals surface area (Å²) in [6.45, 7) is 3.01. The number of aromatic nitrogens is 1. The molecule has 0 radical (unpaired) electrons. The van der Waals surface area contributed by atoms with Crippen molar-refractivity contribution in [2.45, 2.75) is 51.9 Å². The van der Waals surface area contributed by atoms with Gasteiger partial charge < -0.3 is 5.73 Å². The Morgan fingerprint density at radius 1 is 1.20 bits per heavy atom. The van der Waals surface area contributed by atoms with Crippen LogP contribution in [0.15, 0.2) is 5.38 Å². The van der Waals surface area contributed by atoms with Crippen LogP contribution in [-0.2, 0) is 12.8 Å². The molecular formula is C12H22N2S. The van der Waals surface area contributed by atoms with E-state index in [0.717, 1.165) is 25.8 Å². The monoisotopic (exact) mass is 226 g/mol. The lowest BCUT2D eigenvalue weighted by Crippen LogP contribution is -2.00. The van der Waals surface area contributed by atoms with E-state index in [0.29, 0.717) is 0 Å². The number of hydrogen-bond donors (Lipinski definition) is 1. The molecular weight excluding hydrogens is 204 g/mol. The quantitative estimate of drug-likeness (QED) is 0.692. The Morgan fingerprint density at radius 2 is 2.07 bits per heavy atom. The minimum atomic E-state index is 0.769. The fraction of sp³-hybridized carbons (Fsp3) is 0.750. The molecule has 86 valence electrons. The van der Waals surface area contributed by atoms with Gasteiger partial charge in [-0.05, 0) is 25.8 Å². The Hall–Kier alpha value is -0.410. The lowest BCUT2D eigenvalue weighted by molar-refractivity contribution is 0.660. The van der Waals surface area contributed by atoms with Gasteiger partial charge in [0, 0.05) is 11.8 Å². The highest BCUT2D eigenvalue weighted by Gasteiger charge is 2.01.